The summed E-state index contributed by atoms with van der Waals surface area (Å²) >= 11 is 0. The Hall–Kier alpha value is -0.610. The van der Waals surface area contributed by atoms with E-state index in [9.17, 15) is 4.79 Å². The third-order valence-corrected chi connectivity index (χ3v) is 2.71. The first-order valence-electron chi connectivity index (χ1n) is 5.51. The molecule has 0 fully saturated rings. The van der Waals surface area contributed by atoms with Gasteiger partial charge in [-0.1, -0.05) is 6.92 Å². The third-order valence-electron chi connectivity index (χ3n) is 2.71. The minimum Gasteiger partial charge on any atom is -0.465 e. The van der Waals surface area contributed by atoms with Crippen molar-refractivity contribution in [2.45, 2.75) is 45.7 Å². The highest BCUT2D eigenvalue weighted by atomic mass is 16.5. The highest BCUT2D eigenvalue weighted by Crippen LogP contribution is 2.14. The Morgan fingerprint density at radius 1 is 1.53 bits per heavy atom. The van der Waals surface area contributed by atoms with Crippen molar-refractivity contribution in [1.29, 1.82) is 0 Å². The molecule has 0 aromatic carbocycles. The van der Waals surface area contributed by atoms with Gasteiger partial charge in [0, 0.05) is 6.04 Å². The van der Waals surface area contributed by atoms with Crippen LogP contribution in [-0.2, 0) is 9.53 Å². The van der Waals surface area contributed by atoms with Crippen molar-refractivity contribution < 1.29 is 9.53 Å². The second kappa shape index (κ2) is 6.08. The summed E-state index contributed by atoms with van der Waals surface area (Å²) < 4.78 is 4.94. The van der Waals surface area contributed by atoms with E-state index < -0.39 is 5.54 Å². The monoisotopic (exact) mass is 216 g/mol. The summed E-state index contributed by atoms with van der Waals surface area (Å²) in [6.07, 6.45) is 0.607. The number of nitrogens with two attached hydrogens (primary N) is 1. The van der Waals surface area contributed by atoms with Gasteiger partial charge in [0.05, 0.1) is 6.61 Å². The van der Waals surface area contributed by atoms with Crippen molar-refractivity contribution in [3.63, 3.8) is 0 Å². The molecule has 0 rings (SSSR count). The molecule has 0 aliphatic carbocycles. The lowest BCUT2D eigenvalue weighted by Gasteiger charge is -2.30. The molecule has 0 spiro atoms. The fourth-order valence-electron chi connectivity index (χ4n) is 1.46. The van der Waals surface area contributed by atoms with Crippen molar-refractivity contribution in [3.8, 4) is 0 Å². The van der Waals surface area contributed by atoms with E-state index in [1.54, 1.807) is 13.8 Å². The first-order valence-corrected chi connectivity index (χ1v) is 5.51. The fraction of sp³-hybridized carbons (Fsp3) is 0.909. The van der Waals surface area contributed by atoms with Crippen LogP contribution < -0.4 is 5.73 Å². The lowest BCUT2D eigenvalue weighted by Crippen LogP contribution is -2.50. The minimum absolute atomic E-state index is 0.273. The zero-order valence-corrected chi connectivity index (χ0v) is 10.5. The van der Waals surface area contributed by atoms with Crippen LogP contribution >= 0.6 is 0 Å². The average molecular weight is 216 g/mol. The van der Waals surface area contributed by atoms with Crippen molar-refractivity contribution >= 4 is 5.97 Å². The highest BCUT2D eigenvalue weighted by molar-refractivity contribution is 5.80. The summed E-state index contributed by atoms with van der Waals surface area (Å²) in [6.45, 7) is 8.98. The average Bonchev–Trinajstić information content (AvgIpc) is 2.16. The van der Waals surface area contributed by atoms with Gasteiger partial charge >= 0.3 is 5.97 Å². The molecule has 0 aromatic heterocycles. The number of esters is 1. The second-order valence-electron chi connectivity index (χ2n) is 4.26. The molecule has 0 saturated heterocycles. The van der Waals surface area contributed by atoms with Crippen LogP contribution in [0.5, 0.6) is 0 Å². The van der Waals surface area contributed by atoms with Crippen LogP contribution in [0.3, 0.4) is 0 Å². The Morgan fingerprint density at radius 2 is 2.07 bits per heavy atom. The SMILES string of the molecule is CCOC(=O)C(C)(N)CC(C)N(C)CC. The number of hydrogen-bond donors (Lipinski definition) is 1. The van der Waals surface area contributed by atoms with Gasteiger partial charge in [-0.2, -0.15) is 0 Å². The molecule has 2 atom stereocenters. The summed E-state index contributed by atoms with van der Waals surface area (Å²) in [5, 5.41) is 0. The molecule has 2 N–H and O–H groups in total. The molecular weight excluding hydrogens is 192 g/mol. The van der Waals surface area contributed by atoms with Gasteiger partial charge in [0.2, 0.25) is 0 Å². The van der Waals surface area contributed by atoms with Crippen LogP contribution in [0.2, 0.25) is 0 Å². The molecule has 0 amide bonds. The minimum atomic E-state index is -0.890. The Balaban J connectivity index is 4.29. The van der Waals surface area contributed by atoms with E-state index in [0.717, 1.165) is 6.54 Å². The van der Waals surface area contributed by atoms with E-state index in [-0.39, 0.29) is 12.0 Å². The summed E-state index contributed by atoms with van der Waals surface area (Å²) in [4.78, 5) is 13.7. The number of nitrogens with zero attached hydrogens (tertiary/aromatic N) is 1. The van der Waals surface area contributed by atoms with E-state index in [2.05, 4.69) is 18.7 Å². The molecule has 0 saturated carbocycles. The van der Waals surface area contributed by atoms with Crippen LogP contribution in [0.1, 0.15) is 34.1 Å². The molecule has 15 heavy (non-hydrogen) atoms. The largest absolute Gasteiger partial charge is 0.465 e. The Bertz CT molecular complexity index is 205. The normalized spacial score (nSPS) is 17.3. The third kappa shape index (κ3) is 4.62. The Labute approximate surface area is 92.8 Å². The maximum atomic E-state index is 11.5. The molecule has 0 radical (unpaired) electrons. The number of carbonyl (C=O) groups excluding carboxylic acids is 1. The van der Waals surface area contributed by atoms with E-state index in [0.29, 0.717) is 13.0 Å². The Morgan fingerprint density at radius 3 is 2.47 bits per heavy atom. The molecule has 0 aromatic rings. The zero-order valence-electron chi connectivity index (χ0n) is 10.5. The van der Waals surface area contributed by atoms with Gasteiger partial charge in [-0.05, 0) is 40.8 Å². The number of carbonyl (C=O) groups is 1. The standard InChI is InChI=1S/C11H24N2O2/c1-6-13(5)9(3)8-11(4,12)10(14)15-7-2/h9H,6-8,12H2,1-5H3. The van der Waals surface area contributed by atoms with E-state index in [1.165, 1.54) is 0 Å². The summed E-state index contributed by atoms with van der Waals surface area (Å²) in [5.41, 5.74) is 5.05. The van der Waals surface area contributed by atoms with Crippen molar-refractivity contribution in [3.05, 3.63) is 0 Å². The number of hydrogen-bond acceptors (Lipinski definition) is 4. The molecule has 0 heterocycles. The van der Waals surface area contributed by atoms with Gasteiger partial charge < -0.3 is 15.4 Å². The molecule has 2 unspecified atom stereocenters. The summed E-state index contributed by atoms with van der Waals surface area (Å²) in [5.74, 6) is -0.318. The van der Waals surface area contributed by atoms with Gasteiger partial charge in [-0.25, -0.2) is 0 Å². The van der Waals surface area contributed by atoms with E-state index in [1.807, 2.05) is 7.05 Å². The smallest absolute Gasteiger partial charge is 0.325 e. The van der Waals surface area contributed by atoms with Crippen LogP contribution in [0, 0.1) is 0 Å². The van der Waals surface area contributed by atoms with Crippen molar-refractivity contribution in [2.75, 3.05) is 20.2 Å². The molecule has 0 aliphatic rings. The molecule has 4 heteroatoms. The first-order chi connectivity index (χ1) is 6.85. The zero-order chi connectivity index (χ0) is 12.1. The second-order valence-corrected chi connectivity index (χ2v) is 4.26. The van der Waals surface area contributed by atoms with Gasteiger partial charge in [0.15, 0.2) is 0 Å². The topological polar surface area (TPSA) is 55.6 Å². The summed E-state index contributed by atoms with van der Waals surface area (Å²) in [7, 11) is 2.02. The van der Waals surface area contributed by atoms with Gasteiger partial charge in [-0.3, -0.25) is 4.79 Å². The maximum absolute atomic E-state index is 11.5. The van der Waals surface area contributed by atoms with Crippen LogP contribution in [0.4, 0.5) is 0 Å². The number of ether oxygens (including phenoxy) is 1. The van der Waals surface area contributed by atoms with Crippen molar-refractivity contribution in [1.82, 2.24) is 4.90 Å². The molecule has 4 nitrogen and oxygen atoms in total. The van der Waals surface area contributed by atoms with Crippen LogP contribution in [0.15, 0.2) is 0 Å². The van der Waals surface area contributed by atoms with E-state index in [4.69, 9.17) is 10.5 Å². The van der Waals surface area contributed by atoms with Crippen molar-refractivity contribution in [2.24, 2.45) is 5.73 Å². The van der Waals surface area contributed by atoms with E-state index >= 15 is 0 Å². The summed E-state index contributed by atoms with van der Waals surface area (Å²) in [6, 6.07) is 0.273. The predicted molar refractivity (Wildman–Crippen MR) is 61.6 cm³/mol. The van der Waals surface area contributed by atoms with Gasteiger partial charge in [0.25, 0.3) is 0 Å². The van der Waals surface area contributed by atoms with Crippen LogP contribution in [0.25, 0.3) is 0 Å². The Kier molecular flexibility index (Phi) is 5.83. The lowest BCUT2D eigenvalue weighted by atomic mass is 9.94. The van der Waals surface area contributed by atoms with Crippen LogP contribution in [-0.4, -0.2) is 42.6 Å². The fourth-order valence-corrected chi connectivity index (χ4v) is 1.46. The predicted octanol–water partition coefficient (Wildman–Crippen LogP) is 0.997. The lowest BCUT2D eigenvalue weighted by molar-refractivity contribution is -0.149. The molecule has 0 aliphatic heterocycles. The quantitative estimate of drug-likeness (QED) is 0.673. The molecule has 0 bridgehead atoms. The number of rotatable bonds is 6. The maximum Gasteiger partial charge on any atom is 0.325 e. The molecule has 90 valence electrons. The van der Waals surface area contributed by atoms with Gasteiger partial charge in [-0.15, -0.1) is 0 Å². The van der Waals surface area contributed by atoms with Gasteiger partial charge in [0.1, 0.15) is 5.54 Å². The first kappa shape index (κ1) is 14.4. The molecular formula is C11H24N2O2. The highest BCUT2D eigenvalue weighted by Gasteiger charge is 2.32.